The van der Waals surface area contributed by atoms with Gasteiger partial charge in [-0.15, -0.1) is 0 Å². The highest BCUT2D eigenvalue weighted by atomic mass is 19.3. The van der Waals surface area contributed by atoms with Gasteiger partial charge in [0, 0.05) is 7.11 Å². The van der Waals surface area contributed by atoms with Crippen LogP contribution in [-0.2, 0) is 10.8 Å². The van der Waals surface area contributed by atoms with Crippen LogP contribution in [0.2, 0.25) is 0 Å². The lowest BCUT2D eigenvalue weighted by molar-refractivity contribution is -0.185. The molecule has 0 atom stereocenters. The maximum atomic E-state index is 14.9. The van der Waals surface area contributed by atoms with Gasteiger partial charge in [0.1, 0.15) is 5.75 Å². The molecule has 0 saturated heterocycles. The molecule has 2 aliphatic carbocycles. The van der Waals surface area contributed by atoms with Gasteiger partial charge >= 0.3 is 6.11 Å². The Morgan fingerprint density at radius 3 is 1.76 bits per heavy atom. The average molecular weight is 473 g/mol. The van der Waals surface area contributed by atoms with Gasteiger partial charge in [0.25, 0.3) is 0 Å². The zero-order valence-electron chi connectivity index (χ0n) is 20.1. The molecule has 2 saturated carbocycles. The van der Waals surface area contributed by atoms with Crippen LogP contribution in [-0.4, -0.2) is 13.2 Å². The normalized spacial score (nSPS) is 25.4. The second-order valence-corrected chi connectivity index (χ2v) is 10.0. The monoisotopic (exact) mass is 472 g/mol. The largest absolute Gasteiger partial charge is 0.429 e. The van der Waals surface area contributed by atoms with E-state index in [9.17, 15) is 8.78 Å². The topological polar surface area (TPSA) is 18.5 Å². The number of alkyl halides is 2. The van der Waals surface area contributed by atoms with Crippen LogP contribution < -0.4 is 4.74 Å². The summed E-state index contributed by atoms with van der Waals surface area (Å²) in [5, 5.41) is 0. The molecule has 4 rings (SSSR count). The molecule has 188 valence electrons. The lowest BCUT2D eigenvalue weighted by Crippen LogP contribution is -2.22. The van der Waals surface area contributed by atoms with Crippen LogP contribution in [0.4, 0.5) is 8.78 Å². The van der Waals surface area contributed by atoms with Crippen molar-refractivity contribution in [3.05, 3.63) is 65.2 Å². The summed E-state index contributed by atoms with van der Waals surface area (Å²) in [4.78, 5) is 0. The molecule has 2 aromatic carbocycles. The summed E-state index contributed by atoms with van der Waals surface area (Å²) in [6, 6.07) is 14.0. The molecule has 0 spiro atoms. The molecule has 0 N–H and O–H groups in total. The SMILES string of the molecule is C.CCCC1CCC(c2ccc(C(F)(F)Oc3ccc(C4CCC(OC)CC4)cc3)cc2)CC1. The fourth-order valence-corrected chi connectivity index (χ4v) is 5.79. The van der Waals surface area contributed by atoms with Crippen LogP contribution in [0.1, 0.15) is 107 Å². The first-order chi connectivity index (χ1) is 16.0. The van der Waals surface area contributed by atoms with Crippen molar-refractivity contribution in [2.45, 2.75) is 103 Å². The van der Waals surface area contributed by atoms with E-state index >= 15 is 0 Å². The predicted octanol–water partition coefficient (Wildman–Crippen LogP) is 9.20. The van der Waals surface area contributed by atoms with Crippen molar-refractivity contribution in [2.24, 2.45) is 5.92 Å². The summed E-state index contributed by atoms with van der Waals surface area (Å²) in [7, 11) is 1.77. The van der Waals surface area contributed by atoms with Crippen LogP contribution in [0, 0.1) is 5.92 Å². The fourth-order valence-electron chi connectivity index (χ4n) is 5.79. The molecule has 34 heavy (non-hydrogen) atoms. The van der Waals surface area contributed by atoms with Gasteiger partial charge in [-0.2, -0.15) is 8.78 Å². The summed E-state index contributed by atoms with van der Waals surface area (Å²) >= 11 is 0. The molecule has 2 aromatic rings. The Balaban J connectivity index is 0.00000324. The summed E-state index contributed by atoms with van der Waals surface area (Å²) in [5.41, 5.74) is 2.28. The van der Waals surface area contributed by atoms with Gasteiger partial charge in [-0.1, -0.05) is 51.5 Å². The van der Waals surface area contributed by atoms with Gasteiger partial charge < -0.3 is 9.47 Å². The number of halogens is 2. The molecule has 0 aliphatic heterocycles. The number of ether oxygens (including phenoxy) is 2. The first-order valence-corrected chi connectivity index (χ1v) is 12.8. The number of rotatable bonds is 8. The highest BCUT2D eigenvalue weighted by Gasteiger charge is 2.35. The van der Waals surface area contributed by atoms with Crippen LogP contribution in [0.3, 0.4) is 0 Å². The van der Waals surface area contributed by atoms with Crippen LogP contribution in [0.5, 0.6) is 5.75 Å². The third-order valence-electron chi connectivity index (χ3n) is 7.87. The van der Waals surface area contributed by atoms with Gasteiger partial charge in [-0.05, 0) is 105 Å². The number of methoxy groups -OCH3 is 1. The van der Waals surface area contributed by atoms with Crippen LogP contribution >= 0.6 is 0 Å². The van der Waals surface area contributed by atoms with E-state index in [0.717, 1.165) is 44.4 Å². The molecule has 0 radical (unpaired) electrons. The Bertz CT molecular complexity index is 846. The van der Waals surface area contributed by atoms with Gasteiger partial charge in [0.2, 0.25) is 0 Å². The Morgan fingerprint density at radius 1 is 0.765 bits per heavy atom. The molecular formula is C30H42F2O2. The molecule has 0 unspecified atom stereocenters. The van der Waals surface area contributed by atoms with Crippen molar-refractivity contribution in [3.63, 3.8) is 0 Å². The van der Waals surface area contributed by atoms with E-state index in [1.165, 1.54) is 48.9 Å². The maximum Gasteiger partial charge on any atom is 0.426 e. The average Bonchev–Trinajstić information content (AvgIpc) is 2.85. The molecule has 0 aromatic heterocycles. The van der Waals surface area contributed by atoms with Crippen LogP contribution in [0.15, 0.2) is 48.5 Å². The van der Waals surface area contributed by atoms with Crippen molar-refractivity contribution >= 4 is 0 Å². The highest BCUT2D eigenvalue weighted by molar-refractivity contribution is 5.32. The maximum absolute atomic E-state index is 14.9. The minimum Gasteiger partial charge on any atom is -0.429 e. The summed E-state index contributed by atoms with van der Waals surface area (Å²) in [6.07, 6.45) is 8.63. The van der Waals surface area contributed by atoms with Gasteiger partial charge in [-0.3, -0.25) is 0 Å². The fraction of sp³-hybridized carbons (Fsp3) is 0.600. The Labute approximate surface area is 205 Å². The molecule has 2 fully saturated rings. The smallest absolute Gasteiger partial charge is 0.426 e. The van der Waals surface area contributed by atoms with Gasteiger partial charge in [-0.25, -0.2) is 0 Å². The van der Waals surface area contributed by atoms with E-state index in [1.807, 2.05) is 24.3 Å². The lowest BCUT2D eigenvalue weighted by Gasteiger charge is -2.29. The van der Waals surface area contributed by atoms with E-state index in [0.29, 0.717) is 17.9 Å². The highest BCUT2D eigenvalue weighted by Crippen LogP contribution is 2.39. The van der Waals surface area contributed by atoms with E-state index in [-0.39, 0.29) is 18.7 Å². The first kappa shape index (κ1) is 26.7. The van der Waals surface area contributed by atoms with Gasteiger partial charge in [0.15, 0.2) is 0 Å². The minimum absolute atomic E-state index is 0. The van der Waals surface area contributed by atoms with Crippen molar-refractivity contribution < 1.29 is 18.3 Å². The van der Waals surface area contributed by atoms with E-state index < -0.39 is 6.11 Å². The number of benzene rings is 2. The van der Waals surface area contributed by atoms with Crippen molar-refractivity contribution in [1.29, 1.82) is 0 Å². The first-order valence-electron chi connectivity index (χ1n) is 12.8. The zero-order valence-corrected chi connectivity index (χ0v) is 20.1. The molecule has 0 amide bonds. The third-order valence-corrected chi connectivity index (χ3v) is 7.87. The summed E-state index contributed by atoms with van der Waals surface area (Å²) < 4.78 is 40.3. The second kappa shape index (κ2) is 12.2. The van der Waals surface area contributed by atoms with Crippen molar-refractivity contribution in [1.82, 2.24) is 0 Å². The van der Waals surface area contributed by atoms with Crippen molar-refractivity contribution in [3.8, 4) is 5.75 Å². The quantitative estimate of drug-likeness (QED) is 0.381. The van der Waals surface area contributed by atoms with E-state index in [1.54, 1.807) is 19.2 Å². The van der Waals surface area contributed by atoms with E-state index in [2.05, 4.69) is 6.92 Å². The minimum atomic E-state index is -3.35. The predicted molar refractivity (Wildman–Crippen MR) is 136 cm³/mol. The Morgan fingerprint density at radius 2 is 1.26 bits per heavy atom. The zero-order chi connectivity index (χ0) is 23.3. The number of hydrogen-bond acceptors (Lipinski definition) is 2. The van der Waals surface area contributed by atoms with E-state index in [4.69, 9.17) is 9.47 Å². The van der Waals surface area contributed by atoms with Crippen molar-refractivity contribution in [2.75, 3.05) is 7.11 Å². The molecule has 2 nitrogen and oxygen atoms in total. The van der Waals surface area contributed by atoms with Gasteiger partial charge in [0.05, 0.1) is 11.7 Å². The van der Waals surface area contributed by atoms with Crippen LogP contribution in [0.25, 0.3) is 0 Å². The molecule has 2 aliphatic rings. The molecule has 0 heterocycles. The Hall–Kier alpha value is -1.94. The molecule has 0 bridgehead atoms. The molecular weight excluding hydrogens is 430 g/mol. The summed E-state index contributed by atoms with van der Waals surface area (Å²) in [5.74, 6) is 2.01. The summed E-state index contributed by atoms with van der Waals surface area (Å²) in [6.45, 7) is 2.25. The second-order valence-electron chi connectivity index (χ2n) is 10.0. The lowest BCUT2D eigenvalue weighted by atomic mass is 9.77. The third kappa shape index (κ3) is 6.59. The molecule has 4 heteroatoms. The Kier molecular flexibility index (Phi) is 9.53. The number of hydrogen-bond donors (Lipinski definition) is 0. The standard InChI is InChI=1S/C29H38F2O2.CH4/c1-3-4-21-5-7-22(8-6-21)23-9-15-26(16-10-23)29(30,31)33-28-19-13-25(14-20-28)24-11-17-27(32-2)18-12-24;/h9-10,13-16,19-22,24,27H,3-8,11-12,17-18H2,1-2H3;1H4.